The van der Waals surface area contributed by atoms with Crippen LogP contribution in [0.3, 0.4) is 0 Å². The van der Waals surface area contributed by atoms with Crippen LogP contribution < -0.4 is 9.47 Å². The van der Waals surface area contributed by atoms with E-state index in [2.05, 4.69) is 0 Å². The molecule has 0 unspecified atom stereocenters. The molecule has 4 nitrogen and oxygen atoms in total. The summed E-state index contributed by atoms with van der Waals surface area (Å²) in [5, 5.41) is 0. The molecule has 0 saturated carbocycles. The summed E-state index contributed by atoms with van der Waals surface area (Å²) in [5.41, 5.74) is 5.75. The van der Waals surface area contributed by atoms with Gasteiger partial charge in [0, 0.05) is 18.2 Å². The van der Waals surface area contributed by atoms with Crippen molar-refractivity contribution >= 4 is 5.91 Å². The molecule has 39 heavy (non-hydrogen) atoms. The summed E-state index contributed by atoms with van der Waals surface area (Å²) in [7, 11) is 1.45. The highest BCUT2D eigenvalue weighted by atomic mass is 19.4. The number of hydrogen-bond acceptors (Lipinski definition) is 3. The fourth-order valence-corrected chi connectivity index (χ4v) is 5.03. The number of aryl methyl sites for hydroxylation is 1. The second-order valence-corrected chi connectivity index (χ2v) is 9.66. The van der Waals surface area contributed by atoms with Gasteiger partial charge < -0.3 is 14.4 Å². The van der Waals surface area contributed by atoms with Crippen molar-refractivity contribution in [3.05, 3.63) is 119 Å². The van der Waals surface area contributed by atoms with Gasteiger partial charge in [-0.3, -0.25) is 4.79 Å². The van der Waals surface area contributed by atoms with Crippen molar-refractivity contribution < 1.29 is 27.4 Å². The van der Waals surface area contributed by atoms with Crippen LogP contribution in [0.25, 0.3) is 11.1 Å². The Morgan fingerprint density at radius 1 is 0.872 bits per heavy atom. The third-order valence-electron chi connectivity index (χ3n) is 6.91. The van der Waals surface area contributed by atoms with Crippen molar-refractivity contribution in [1.29, 1.82) is 0 Å². The number of nitrogens with zero attached hydrogens (tertiary/aromatic N) is 1. The Labute approximate surface area is 225 Å². The Balaban J connectivity index is 1.42. The molecule has 0 N–H and O–H groups in total. The van der Waals surface area contributed by atoms with Crippen molar-refractivity contribution in [3.63, 3.8) is 0 Å². The maximum absolute atomic E-state index is 13.9. The molecule has 7 heteroatoms. The highest BCUT2D eigenvalue weighted by Gasteiger charge is 2.40. The van der Waals surface area contributed by atoms with Gasteiger partial charge in [-0.15, -0.1) is 0 Å². The molecule has 0 heterocycles. The van der Waals surface area contributed by atoms with Crippen LogP contribution in [-0.2, 0) is 17.9 Å². The number of ether oxygens (including phenoxy) is 2. The zero-order valence-electron chi connectivity index (χ0n) is 21.7. The van der Waals surface area contributed by atoms with Gasteiger partial charge in [0.05, 0.1) is 13.0 Å². The molecule has 200 valence electrons. The van der Waals surface area contributed by atoms with Crippen molar-refractivity contribution in [2.45, 2.75) is 32.2 Å². The molecule has 0 aromatic heterocycles. The van der Waals surface area contributed by atoms with E-state index in [9.17, 15) is 18.0 Å². The summed E-state index contributed by atoms with van der Waals surface area (Å²) < 4.78 is 52.6. The normalized spacial score (nSPS) is 12.5. The fourth-order valence-electron chi connectivity index (χ4n) is 5.03. The van der Waals surface area contributed by atoms with Gasteiger partial charge in [-0.05, 0) is 46.9 Å². The molecule has 5 rings (SSSR count). The number of halogens is 3. The number of methoxy groups -OCH3 is 1. The summed E-state index contributed by atoms with van der Waals surface area (Å²) in [6.07, 6.45) is -4.57. The molecular formula is C32H28F3NO3. The molecule has 0 spiro atoms. The minimum Gasteiger partial charge on any atom is -0.496 e. The van der Waals surface area contributed by atoms with Crippen molar-refractivity contribution in [3.8, 4) is 22.6 Å². The van der Waals surface area contributed by atoms with E-state index in [1.165, 1.54) is 7.11 Å². The van der Waals surface area contributed by atoms with Crippen molar-refractivity contribution in [1.82, 2.24) is 4.90 Å². The molecule has 0 saturated heterocycles. The topological polar surface area (TPSA) is 38.8 Å². The number of carbonyl (C=O) groups is 1. The molecule has 0 fully saturated rings. The summed E-state index contributed by atoms with van der Waals surface area (Å²) >= 11 is 0. The fraction of sp³-hybridized carbons (Fsp3) is 0.219. The SMILES string of the molecule is COc1cc(OCc2ccc(C)cc2)ccc1CN(CC(F)(F)F)C(=O)C1c2ccccc2-c2ccccc21. The van der Waals surface area contributed by atoms with E-state index >= 15 is 0 Å². The van der Waals surface area contributed by atoms with E-state index in [0.29, 0.717) is 34.8 Å². The molecule has 0 radical (unpaired) electrons. The predicted octanol–water partition coefficient (Wildman–Crippen LogP) is 7.29. The van der Waals surface area contributed by atoms with E-state index in [1.807, 2.05) is 67.6 Å². The first-order valence-corrected chi connectivity index (χ1v) is 12.6. The van der Waals surface area contributed by atoms with Gasteiger partial charge in [0.1, 0.15) is 24.7 Å². The number of amides is 1. The Hall–Kier alpha value is -4.26. The third-order valence-corrected chi connectivity index (χ3v) is 6.91. The summed E-state index contributed by atoms with van der Waals surface area (Å²) in [5.74, 6) is -0.554. The van der Waals surface area contributed by atoms with E-state index in [-0.39, 0.29) is 6.54 Å². The van der Waals surface area contributed by atoms with Crippen LogP contribution in [0.4, 0.5) is 13.2 Å². The Morgan fingerprint density at radius 2 is 1.49 bits per heavy atom. The second-order valence-electron chi connectivity index (χ2n) is 9.66. The standard InChI is InChI=1S/C32H28F3NO3/c1-21-11-13-22(14-12-21)19-39-24-16-15-23(29(17-24)38-2)18-36(20-32(33,34)35)31(37)30-27-9-5-3-7-25(27)26-8-4-6-10-28(26)30/h3-17,30H,18-20H2,1-2H3. The quantitative estimate of drug-likeness (QED) is 0.240. The largest absolute Gasteiger partial charge is 0.496 e. The first kappa shape index (κ1) is 26.4. The second kappa shape index (κ2) is 10.8. The van der Waals surface area contributed by atoms with Crippen LogP contribution >= 0.6 is 0 Å². The monoisotopic (exact) mass is 531 g/mol. The van der Waals surface area contributed by atoms with Gasteiger partial charge in [0.2, 0.25) is 5.91 Å². The predicted molar refractivity (Wildman–Crippen MR) is 144 cm³/mol. The first-order chi connectivity index (χ1) is 18.7. The lowest BCUT2D eigenvalue weighted by Gasteiger charge is -2.28. The molecule has 0 atom stereocenters. The molecule has 0 bridgehead atoms. The molecular weight excluding hydrogens is 503 g/mol. The number of benzene rings is 4. The maximum Gasteiger partial charge on any atom is 0.406 e. The molecule has 0 aliphatic heterocycles. The van der Waals surface area contributed by atoms with Crippen LogP contribution in [0.15, 0.2) is 91.0 Å². The van der Waals surface area contributed by atoms with Crippen molar-refractivity contribution in [2.75, 3.05) is 13.7 Å². The van der Waals surface area contributed by atoms with Crippen LogP contribution in [0, 0.1) is 6.92 Å². The zero-order chi connectivity index (χ0) is 27.6. The number of rotatable bonds is 8. The number of fused-ring (bicyclic) bond motifs is 3. The number of hydrogen-bond donors (Lipinski definition) is 0. The lowest BCUT2D eigenvalue weighted by atomic mass is 9.95. The minimum atomic E-state index is -4.57. The average Bonchev–Trinajstić information content (AvgIpc) is 3.26. The van der Waals surface area contributed by atoms with Gasteiger partial charge >= 0.3 is 6.18 Å². The molecule has 4 aromatic carbocycles. The Kier molecular flexibility index (Phi) is 7.33. The Bertz CT molecular complexity index is 1440. The van der Waals surface area contributed by atoms with Crippen LogP contribution in [0.1, 0.15) is 33.7 Å². The molecule has 1 aliphatic carbocycles. The lowest BCUT2D eigenvalue weighted by molar-refractivity contribution is -0.162. The minimum absolute atomic E-state index is 0.263. The van der Waals surface area contributed by atoms with Gasteiger partial charge in [-0.2, -0.15) is 13.2 Å². The number of carbonyl (C=O) groups excluding carboxylic acids is 1. The van der Waals surface area contributed by atoms with Crippen LogP contribution in [0.2, 0.25) is 0 Å². The lowest BCUT2D eigenvalue weighted by Crippen LogP contribution is -2.41. The number of alkyl halides is 3. The van der Waals surface area contributed by atoms with Crippen molar-refractivity contribution in [2.24, 2.45) is 0 Å². The van der Waals surface area contributed by atoms with E-state index in [4.69, 9.17) is 9.47 Å². The smallest absolute Gasteiger partial charge is 0.406 e. The van der Waals surface area contributed by atoms with Crippen LogP contribution in [0.5, 0.6) is 11.5 Å². The average molecular weight is 532 g/mol. The van der Waals surface area contributed by atoms with Gasteiger partial charge in [0.15, 0.2) is 0 Å². The van der Waals surface area contributed by atoms with Gasteiger partial charge in [-0.1, -0.05) is 78.4 Å². The van der Waals surface area contributed by atoms with E-state index < -0.39 is 24.5 Å². The van der Waals surface area contributed by atoms with E-state index in [1.54, 1.807) is 30.3 Å². The Morgan fingerprint density at radius 3 is 2.08 bits per heavy atom. The third kappa shape index (κ3) is 5.77. The highest BCUT2D eigenvalue weighted by molar-refractivity contribution is 5.96. The zero-order valence-corrected chi connectivity index (χ0v) is 21.7. The van der Waals surface area contributed by atoms with Crippen LogP contribution in [-0.4, -0.2) is 30.6 Å². The molecule has 1 aliphatic rings. The molecule has 4 aromatic rings. The van der Waals surface area contributed by atoms with E-state index in [0.717, 1.165) is 27.2 Å². The molecule has 1 amide bonds. The summed E-state index contributed by atoms with van der Waals surface area (Å²) in [4.78, 5) is 14.7. The summed E-state index contributed by atoms with van der Waals surface area (Å²) in [6, 6.07) is 27.7. The maximum atomic E-state index is 13.9. The highest BCUT2D eigenvalue weighted by Crippen LogP contribution is 2.45. The first-order valence-electron chi connectivity index (χ1n) is 12.6. The summed E-state index contributed by atoms with van der Waals surface area (Å²) in [6.45, 7) is 0.704. The van der Waals surface area contributed by atoms with Gasteiger partial charge in [0.25, 0.3) is 0 Å². The van der Waals surface area contributed by atoms with Gasteiger partial charge in [-0.25, -0.2) is 0 Å².